The summed E-state index contributed by atoms with van der Waals surface area (Å²) in [5, 5.41) is 13.0. The largest absolute Gasteiger partial charge is 0.378 e. The van der Waals surface area contributed by atoms with Gasteiger partial charge in [-0.2, -0.15) is 0 Å². The van der Waals surface area contributed by atoms with Crippen LogP contribution in [0.5, 0.6) is 0 Å². The van der Waals surface area contributed by atoms with Crippen molar-refractivity contribution in [2.75, 3.05) is 48.8 Å². The molecular weight excluding hydrogens is 282 g/mol. The Kier molecular flexibility index (Phi) is 4.57. The van der Waals surface area contributed by atoms with Gasteiger partial charge in [-0.05, 0) is 12.1 Å². The Bertz CT molecular complexity index is 577. The quantitative estimate of drug-likeness (QED) is 0.791. The third kappa shape index (κ3) is 3.46. The number of benzene rings is 1. The van der Waals surface area contributed by atoms with Crippen molar-refractivity contribution in [3.63, 3.8) is 0 Å². The van der Waals surface area contributed by atoms with Crippen LogP contribution in [0.4, 0.5) is 16.5 Å². The first-order valence-electron chi connectivity index (χ1n) is 7.27. The molecule has 3 rings (SSSR count). The number of aromatic nitrogens is 1. The highest BCUT2D eigenvalue weighted by molar-refractivity contribution is 7.13. The molecular formula is C15H21N5S. The molecule has 3 N–H and O–H groups in total. The van der Waals surface area contributed by atoms with Crippen molar-refractivity contribution in [3.8, 4) is 0 Å². The summed E-state index contributed by atoms with van der Waals surface area (Å²) in [6.45, 7) is 4.96. The summed E-state index contributed by atoms with van der Waals surface area (Å²) < 4.78 is 0. The summed E-state index contributed by atoms with van der Waals surface area (Å²) in [6.07, 6.45) is 0. The lowest BCUT2D eigenvalue weighted by atomic mass is 10.2. The van der Waals surface area contributed by atoms with Crippen molar-refractivity contribution in [3.05, 3.63) is 35.3 Å². The average Bonchev–Trinajstić information content (AvgIpc) is 3.02. The van der Waals surface area contributed by atoms with Crippen molar-refractivity contribution in [2.45, 2.75) is 6.54 Å². The van der Waals surface area contributed by atoms with Crippen LogP contribution in [0.1, 0.15) is 5.69 Å². The molecule has 1 fully saturated rings. The van der Waals surface area contributed by atoms with Gasteiger partial charge in [-0.25, -0.2) is 4.98 Å². The lowest BCUT2D eigenvalue weighted by Crippen LogP contribution is -2.43. The second-order valence-corrected chi connectivity index (χ2v) is 5.86. The number of nitrogens with zero attached hydrogens (tertiary/aromatic N) is 2. The monoisotopic (exact) mass is 303 g/mol. The fourth-order valence-corrected chi connectivity index (χ4v) is 3.16. The van der Waals surface area contributed by atoms with Gasteiger partial charge in [0.1, 0.15) is 0 Å². The zero-order chi connectivity index (χ0) is 14.5. The van der Waals surface area contributed by atoms with E-state index in [0.717, 1.165) is 43.5 Å². The highest BCUT2D eigenvalue weighted by Gasteiger charge is 2.13. The number of para-hydroxylation sites is 2. The van der Waals surface area contributed by atoms with Crippen LogP contribution in [0.2, 0.25) is 0 Å². The Morgan fingerprint density at radius 2 is 2.10 bits per heavy atom. The first-order chi connectivity index (χ1) is 10.4. The molecule has 0 unspecified atom stereocenters. The molecule has 1 aliphatic rings. The minimum atomic E-state index is 0.751. The van der Waals surface area contributed by atoms with E-state index in [2.05, 4.69) is 55.5 Å². The second-order valence-electron chi connectivity index (χ2n) is 5.00. The van der Waals surface area contributed by atoms with E-state index in [1.165, 1.54) is 11.4 Å². The number of rotatable bonds is 5. The van der Waals surface area contributed by atoms with Gasteiger partial charge in [0, 0.05) is 38.6 Å². The first kappa shape index (κ1) is 14.2. The first-order valence-corrected chi connectivity index (χ1v) is 8.15. The number of hydrogen-bond acceptors (Lipinski definition) is 6. The van der Waals surface area contributed by atoms with E-state index in [4.69, 9.17) is 0 Å². The van der Waals surface area contributed by atoms with Crippen LogP contribution in [0.25, 0.3) is 0 Å². The minimum absolute atomic E-state index is 0.751. The molecule has 0 amide bonds. The molecule has 21 heavy (non-hydrogen) atoms. The fourth-order valence-electron chi connectivity index (χ4n) is 2.49. The molecule has 0 radical (unpaired) electrons. The van der Waals surface area contributed by atoms with Crippen molar-refractivity contribution in [2.24, 2.45) is 0 Å². The van der Waals surface area contributed by atoms with Gasteiger partial charge in [-0.3, -0.25) is 0 Å². The van der Waals surface area contributed by atoms with E-state index >= 15 is 0 Å². The molecule has 5 nitrogen and oxygen atoms in total. The summed E-state index contributed by atoms with van der Waals surface area (Å²) in [4.78, 5) is 6.94. The number of hydrogen-bond donors (Lipinski definition) is 3. The third-order valence-electron chi connectivity index (χ3n) is 3.59. The zero-order valence-corrected chi connectivity index (χ0v) is 13.0. The lowest BCUT2D eigenvalue weighted by molar-refractivity contribution is 0.589. The van der Waals surface area contributed by atoms with Gasteiger partial charge in [0.25, 0.3) is 0 Å². The smallest absolute Gasteiger partial charge is 0.182 e. The SMILES string of the molecule is CNc1nc(CNc2ccccc2N2CCNCC2)cs1. The highest BCUT2D eigenvalue weighted by atomic mass is 32.1. The van der Waals surface area contributed by atoms with Gasteiger partial charge in [0.2, 0.25) is 0 Å². The summed E-state index contributed by atoms with van der Waals surface area (Å²) in [6, 6.07) is 8.51. The predicted octanol–water partition coefficient (Wildman–Crippen LogP) is 2.21. The second kappa shape index (κ2) is 6.78. The van der Waals surface area contributed by atoms with Crippen LogP contribution in [0, 0.1) is 0 Å². The number of thiazole rings is 1. The van der Waals surface area contributed by atoms with Crippen LogP contribution in [0.3, 0.4) is 0 Å². The molecule has 6 heteroatoms. The number of piperazine rings is 1. The molecule has 0 spiro atoms. The Labute approximate surface area is 129 Å². The molecule has 0 aliphatic carbocycles. The summed E-state index contributed by atoms with van der Waals surface area (Å²) >= 11 is 1.64. The van der Waals surface area contributed by atoms with Crippen LogP contribution in [-0.2, 0) is 6.54 Å². The van der Waals surface area contributed by atoms with Crippen LogP contribution < -0.4 is 20.9 Å². The normalized spacial score (nSPS) is 15.0. The van der Waals surface area contributed by atoms with Crippen molar-refractivity contribution in [1.29, 1.82) is 0 Å². The van der Waals surface area contributed by atoms with E-state index < -0.39 is 0 Å². The molecule has 0 atom stereocenters. The van der Waals surface area contributed by atoms with Gasteiger partial charge in [-0.15, -0.1) is 11.3 Å². The molecule has 1 aromatic heterocycles. The maximum atomic E-state index is 4.51. The minimum Gasteiger partial charge on any atom is -0.378 e. The maximum Gasteiger partial charge on any atom is 0.182 e. The highest BCUT2D eigenvalue weighted by Crippen LogP contribution is 2.26. The molecule has 0 saturated carbocycles. The Morgan fingerprint density at radius 1 is 1.29 bits per heavy atom. The van der Waals surface area contributed by atoms with Gasteiger partial charge in [0.15, 0.2) is 5.13 Å². The van der Waals surface area contributed by atoms with Crippen molar-refractivity contribution >= 4 is 27.8 Å². The fraction of sp³-hybridized carbons (Fsp3) is 0.400. The predicted molar refractivity (Wildman–Crippen MR) is 90.5 cm³/mol. The molecule has 112 valence electrons. The average molecular weight is 303 g/mol. The van der Waals surface area contributed by atoms with E-state index in [1.54, 1.807) is 11.3 Å². The zero-order valence-electron chi connectivity index (χ0n) is 12.2. The standard InChI is InChI=1S/C15H21N5S/c1-16-15-19-12(11-21-15)10-18-13-4-2-3-5-14(13)20-8-6-17-7-9-20/h2-5,11,17-18H,6-10H2,1H3,(H,16,19). The topological polar surface area (TPSA) is 52.2 Å². The maximum absolute atomic E-state index is 4.51. The summed E-state index contributed by atoms with van der Waals surface area (Å²) in [7, 11) is 1.90. The van der Waals surface area contributed by atoms with Crippen LogP contribution in [-0.4, -0.2) is 38.2 Å². The summed E-state index contributed by atoms with van der Waals surface area (Å²) in [5.74, 6) is 0. The van der Waals surface area contributed by atoms with Gasteiger partial charge in [0.05, 0.1) is 23.6 Å². The lowest BCUT2D eigenvalue weighted by Gasteiger charge is -2.31. The third-order valence-corrected chi connectivity index (χ3v) is 4.50. The molecule has 1 saturated heterocycles. The molecule has 2 aromatic rings. The van der Waals surface area contributed by atoms with E-state index in [-0.39, 0.29) is 0 Å². The van der Waals surface area contributed by atoms with E-state index in [9.17, 15) is 0 Å². The van der Waals surface area contributed by atoms with Gasteiger partial charge >= 0.3 is 0 Å². The Hall–Kier alpha value is -1.79. The van der Waals surface area contributed by atoms with Crippen LogP contribution >= 0.6 is 11.3 Å². The molecule has 1 aromatic carbocycles. The molecule has 2 heterocycles. The van der Waals surface area contributed by atoms with Crippen LogP contribution in [0.15, 0.2) is 29.6 Å². The van der Waals surface area contributed by atoms with E-state index in [1.807, 2.05) is 7.05 Å². The molecule has 0 bridgehead atoms. The van der Waals surface area contributed by atoms with Gasteiger partial charge in [-0.1, -0.05) is 12.1 Å². The number of nitrogens with one attached hydrogen (secondary N) is 3. The Balaban J connectivity index is 1.69. The van der Waals surface area contributed by atoms with Gasteiger partial charge < -0.3 is 20.9 Å². The molecule has 1 aliphatic heterocycles. The number of anilines is 3. The summed E-state index contributed by atoms with van der Waals surface area (Å²) in [5.41, 5.74) is 3.53. The van der Waals surface area contributed by atoms with Crippen molar-refractivity contribution < 1.29 is 0 Å². The van der Waals surface area contributed by atoms with Crippen molar-refractivity contribution in [1.82, 2.24) is 10.3 Å². The van der Waals surface area contributed by atoms with E-state index in [0.29, 0.717) is 0 Å². The Morgan fingerprint density at radius 3 is 2.86 bits per heavy atom.